The molecule has 0 bridgehead atoms. The summed E-state index contributed by atoms with van der Waals surface area (Å²) in [6.45, 7) is 6.83. The quantitative estimate of drug-likeness (QED) is 0.540. The van der Waals surface area contributed by atoms with Crippen molar-refractivity contribution in [3.05, 3.63) is 35.6 Å². The van der Waals surface area contributed by atoms with E-state index in [1.54, 1.807) is 4.90 Å². The highest BCUT2D eigenvalue weighted by atomic mass is 16.7. The van der Waals surface area contributed by atoms with E-state index in [9.17, 15) is 9.90 Å². The average Bonchev–Trinajstić information content (AvgIpc) is 3.42. The Bertz CT molecular complexity index is 910. The fourth-order valence-electron chi connectivity index (χ4n) is 4.84. The molecule has 3 heterocycles. The second-order valence-electron chi connectivity index (χ2n) is 9.38. The number of hydrogen-bond acceptors (Lipinski definition) is 10. The van der Waals surface area contributed by atoms with Gasteiger partial charge < -0.3 is 47.9 Å². The van der Waals surface area contributed by atoms with Gasteiger partial charge >= 0.3 is 0 Å². The minimum atomic E-state index is -0.647. The second-order valence-corrected chi connectivity index (χ2v) is 9.38. The Morgan fingerprint density at radius 1 is 0.949 bits per heavy atom. The van der Waals surface area contributed by atoms with Crippen molar-refractivity contribution in [3.8, 4) is 11.5 Å². The van der Waals surface area contributed by atoms with Crippen LogP contribution in [-0.2, 0) is 33.2 Å². The van der Waals surface area contributed by atoms with Crippen molar-refractivity contribution in [1.82, 2.24) is 4.90 Å². The highest BCUT2D eigenvalue weighted by molar-refractivity contribution is 5.91. The fraction of sp³-hybridized carbons (Fsp3) is 0.679. The molecule has 0 radical (unpaired) electrons. The summed E-state index contributed by atoms with van der Waals surface area (Å²) in [4.78, 5) is 15.5. The lowest BCUT2D eigenvalue weighted by atomic mass is 9.80. The van der Waals surface area contributed by atoms with Crippen molar-refractivity contribution < 1.29 is 47.8 Å². The summed E-state index contributed by atoms with van der Waals surface area (Å²) in [5.41, 5.74) is 0.962. The number of hydrogen-bond donors (Lipinski definition) is 1. The summed E-state index contributed by atoms with van der Waals surface area (Å²) in [5.74, 6) is 1.03. The van der Waals surface area contributed by atoms with Gasteiger partial charge in [0.05, 0.1) is 52.9 Å². The number of fused-ring (bicyclic) bond motifs is 1. The lowest BCUT2D eigenvalue weighted by Gasteiger charge is -2.38. The van der Waals surface area contributed by atoms with Crippen LogP contribution in [0.25, 0.3) is 0 Å². The predicted molar refractivity (Wildman–Crippen MR) is 140 cm³/mol. The molecule has 11 nitrogen and oxygen atoms in total. The zero-order valence-electron chi connectivity index (χ0n) is 22.7. The Balaban J connectivity index is 1.55. The maximum Gasteiger partial charge on any atom is 0.288 e. The molecule has 11 heteroatoms. The van der Waals surface area contributed by atoms with E-state index in [4.69, 9.17) is 37.9 Å². The van der Waals surface area contributed by atoms with Crippen LogP contribution in [0.15, 0.2) is 30.0 Å². The average molecular weight is 552 g/mol. The van der Waals surface area contributed by atoms with Crippen LogP contribution in [0.5, 0.6) is 11.5 Å². The van der Waals surface area contributed by atoms with E-state index in [0.29, 0.717) is 96.9 Å². The van der Waals surface area contributed by atoms with E-state index in [1.165, 1.54) is 0 Å². The molecular weight excluding hydrogens is 510 g/mol. The number of ether oxygens (including phenoxy) is 8. The first-order valence-corrected chi connectivity index (χ1v) is 13.8. The van der Waals surface area contributed by atoms with Gasteiger partial charge in [-0.1, -0.05) is 6.07 Å². The molecule has 39 heavy (non-hydrogen) atoms. The maximum absolute atomic E-state index is 13.8. The number of carbonyl (C=O) groups is 1. The lowest BCUT2D eigenvalue weighted by molar-refractivity contribution is -0.170. The number of amides is 1. The van der Waals surface area contributed by atoms with E-state index in [0.717, 1.165) is 5.56 Å². The minimum absolute atomic E-state index is 0.0581. The third-order valence-corrected chi connectivity index (χ3v) is 6.82. The Hall–Kier alpha value is -2.41. The maximum atomic E-state index is 13.8. The van der Waals surface area contributed by atoms with E-state index in [1.807, 2.05) is 31.2 Å². The van der Waals surface area contributed by atoms with Crippen LogP contribution in [0.1, 0.15) is 31.2 Å². The van der Waals surface area contributed by atoms with Gasteiger partial charge in [-0.05, 0) is 43.5 Å². The first-order valence-electron chi connectivity index (χ1n) is 13.8. The van der Waals surface area contributed by atoms with E-state index >= 15 is 0 Å². The molecule has 0 spiro atoms. The number of allylic oxidation sites excluding steroid dienone is 1. The molecule has 3 unspecified atom stereocenters. The van der Waals surface area contributed by atoms with Crippen LogP contribution in [0.3, 0.4) is 0 Å². The van der Waals surface area contributed by atoms with Gasteiger partial charge in [0, 0.05) is 38.1 Å². The molecule has 3 aliphatic heterocycles. The molecule has 0 aliphatic carbocycles. The van der Waals surface area contributed by atoms with Gasteiger partial charge in [-0.15, -0.1) is 0 Å². The van der Waals surface area contributed by atoms with E-state index in [-0.39, 0.29) is 36.9 Å². The zero-order valence-corrected chi connectivity index (χ0v) is 22.7. The summed E-state index contributed by atoms with van der Waals surface area (Å²) in [5, 5.41) is 9.55. The molecule has 218 valence electrons. The summed E-state index contributed by atoms with van der Waals surface area (Å²) < 4.78 is 45.7. The van der Waals surface area contributed by atoms with Crippen LogP contribution in [0.2, 0.25) is 0 Å². The van der Waals surface area contributed by atoms with Crippen LogP contribution in [0, 0.1) is 5.92 Å². The van der Waals surface area contributed by atoms with Crippen molar-refractivity contribution in [2.45, 2.75) is 32.0 Å². The Morgan fingerprint density at radius 2 is 1.59 bits per heavy atom. The summed E-state index contributed by atoms with van der Waals surface area (Å²) in [6, 6.07) is 5.81. The molecule has 1 aromatic rings. The molecular formula is C28H41NO10. The standard InChI is InChI=1S/C28H41NO10/c1-2-36-28-22(4-3-9-30)23(21-5-6-24-25(18-21)38-20-37-24)19-26(39-28)27(31)29-7-10-32-12-14-34-16-17-35-15-13-33-11-8-29/h5-6,18-19,22-23,28,30H,2-4,7-17,20H2,1H3. The first kappa shape index (κ1) is 29.6. The summed E-state index contributed by atoms with van der Waals surface area (Å²) >= 11 is 0. The fourth-order valence-corrected chi connectivity index (χ4v) is 4.84. The van der Waals surface area contributed by atoms with Crippen molar-refractivity contribution in [1.29, 1.82) is 0 Å². The van der Waals surface area contributed by atoms with Crippen molar-refractivity contribution in [3.63, 3.8) is 0 Å². The second kappa shape index (κ2) is 16.0. The Morgan fingerprint density at radius 3 is 2.23 bits per heavy atom. The molecule has 4 rings (SSSR count). The molecule has 1 saturated heterocycles. The Kier molecular flexibility index (Phi) is 12.1. The first-order chi connectivity index (χ1) is 19.2. The number of aliphatic hydroxyl groups excluding tert-OH is 1. The topological polar surface area (TPSA) is 114 Å². The van der Waals surface area contributed by atoms with Crippen LogP contribution < -0.4 is 9.47 Å². The van der Waals surface area contributed by atoms with Gasteiger partial charge in [0.2, 0.25) is 13.1 Å². The van der Waals surface area contributed by atoms with Crippen molar-refractivity contribution in [2.75, 3.05) is 86.0 Å². The third-order valence-electron chi connectivity index (χ3n) is 6.82. The molecule has 0 aromatic heterocycles. The van der Waals surface area contributed by atoms with Gasteiger partial charge in [0.25, 0.3) is 5.91 Å². The number of benzene rings is 1. The molecule has 1 amide bonds. The van der Waals surface area contributed by atoms with Gasteiger partial charge in [0.1, 0.15) is 0 Å². The molecule has 1 aromatic carbocycles. The highest BCUT2D eigenvalue weighted by Gasteiger charge is 2.39. The van der Waals surface area contributed by atoms with Gasteiger partial charge in [0.15, 0.2) is 17.3 Å². The minimum Gasteiger partial charge on any atom is -0.459 e. The highest BCUT2D eigenvalue weighted by Crippen LogP contribution is 2.43. The van der Waals surface area contributed by atoms with E-state index < -0.39 is 6.29 Å². The SMILES string of the molecule is CCOC1OC(C(=O)N2CCOCCOCCOCCOCC2)=CC(c2ccc3c(c2)OCO3)C1CCCO. The van der Waals surface area contributed by atoms with Crippen molar-refractivity contribution >= 4 is 5.91 Å². The molecule has 3 aliphatic rings. The molecule has 1 fully saturated rings. The smallest absolute Gasteiger partial charge is 0.288 e. The number of rotatable bonds is 7. The van der Waals surface area contributed by atoms with Gasteiger partial charge in [-0.3, -0.25) is 4.79 Å². The zero-order chi connectivity index (χ0) is 27.3. The normalized spacial score (nSPS) is 25.2. The molecule has 3 atom stereocenters. The van der Waals surface area contributed by atoms with Crippen LogP contribution >= 0.6 is 0 Å². The largest absolute Gasteiger partial charge is 0.459 e. The Labute approximate surface area is 229 Å². The monoisotopic (exact) mass is 551 g/mol. The summed E-state index contributed by atoms with van der Waals surface area (Å²) in [6.07, 6.45) is 2.47. The molecule has 1 N–H and O–H groups in total. The van der Waals surface area contributed by atoms with Crippen LogP contribution in [0.4, 0.5) is 0 Å². The van der Waals surface area contributed by atoms with Gasteiger partial charge in [-0.25, -0.2) is 0 Å². The van der Waals surface area contributed by atoms with E-state index in [2.05, 4.69) is 0 Å². The van der Waals surface area contributed by atoms with Crippen LogP contribution in [-0.4, -0.2) is 108 Å². The number of nitrogens with zero attached hydrogens (tertiary/aromatic N) is 1. The third kappa shape index (κ3) is 8.54. The number of aliphatic hydroxyl groups is 1. The van der Waals surface area contributed by atoms with Crippen molar-refractivity contribution in [2.24, 2.45) is 5.92 Å². The van der Waals surface area contributed by atoms with Gasteiger partial charge in [-0.2, -0.15) is 0 Å². The summed E-state index contributed by atoms with van der Waals surface area (Å²) in [7, 11) is 0. The molecule has 0 saturated carbocycles. The lowest BCUT2D eigenvalue weighted by Crippen LogP contribution is -2.42. The number of carbonyl (C=O) groups excluding carboxylic acids is 1. The predicted octanol–water partition coefficient (Wildman–Crippen LogP) is 2.07.